The normalized spacial score (nSPS) is 12.7. The summed E-state index contributed by atoms with van der Waals surface area (Å²) in [5.41, 5.74) is 0.904. The lowest BCUT2D eigenvalue weighted by molar-refractivity contribution is 0.609. The third-order valence-electron chi connectivity index (χ3n) is 0.414. The Balaban J connectivity index is 3.15. The number of hydrogen-bond donors (Lipinski definition) is 1. The van der Waals surface area contributed by atoms with E-state index in [-0.39, 0.29) is 0 Å². The summed E-state index contributed by atoms with van der Waals surface area (Å²) in [7, 11) is 0. The van der Waals surface area contributed by atoms with Gasteiger partial charge in [0.1, 0.15) is 5.75 Å². The quantitative estimate of drug-likeness (QED) is 0.249. The maximum Gasteiger partial charge on any atom is 0.200 e. The molecule has 0 aromatic heterocycles. The number of hydrogen-bond acceptors (Lipinski definition) is 2. The van der Waals surface area contributed by atoms with Crippen molar-refractivity contribution >= 4 is 16.7 Å². The molecule has 0 radical (unpaired) electrons. The van der Waals surface area contributed by atoms with Crippen LogP contribution in [-0.2, 0) is 11.2 Å². The lowest BCUT2D eigenvalue weighted by Crippen LogP contribution is -2.02. The molecule has 0 spiro atoms. The molecule has 0 amide bonds. The molecule has 7 heavy (non-hydrogen) atoms. The van der Waals surface area contributed by atoms with E-state index in [1.807, 2.05) is 0 Å². The average molecular weight is 117 g/mol. The van der Waals surface area contributed by atoms with E-state index in [4.69, 9.17) is 5.41 Å². The minimum atomic E-state index is -1.10. The van der Waals surface area contributed by atoms with Crippen LogP contribution in [0.15, 0.2) is 12.7 Å². The van der Waals surface area contributed by atoms with Gasteiger partial charge >= 0.3 is 0 Å². The summed E-state index contributed by atoms with van der Waals surface area (Å²) in [6.07, 6.45) is 1.53. The van der Waals surface area contributed by atoms with Gasteiger partial charge in [-0.1, -0.05) is 6.58 Å². The molecule has 0 fully saturated rings. The summed E-state index contributed by atoms with van der Waals surface area (Å²) in [5, 5.41) is 6.44. The van der Waals surface area contributed by atoms with E-state index >= 15 is 0 Å². The molecule has 0 aromatic carbocycles. The molecule has 3 heteroatoms. The third kappa shape index (κ3) is 3.55. The third-order valence-corrected chi connectivity index (χ3v) is 1.24. The molecule has 1 unspecified atom stereocenters. The molecule has 0 aliphatic heterocycles. The van der Waals surface area contributed by atoms with E-state index in [0.717, 1.165) is 5.55 Å². The van der Waals surface area contributed by atoms with Gasteiger partial charge in [0.25, 0.3) is 0 Å². The summed E-state index contributed by atoms with van der Waals surface area (Å²) in [4.78, 5) is 0. The first-order valence-electron chi connectivity index (χ1n) is 1.80. The van der Waals surface area contributed by atoms with Gasteiger partial charge in [0.2, 0.25) is 5.55 Å². The maximum atomic E-state index is 10.2. The van der Waals surface area contributed by atoms with E-state index in [0.29, 0.717) is 5.75 Å². The fourth-order valence-corrected chi connectivity index (χ4v) is 0.493. The summed E-state index contributed by atoms with van der Waals surface area (Å²) in [5.74, 6) is 0.392. The molecule has 0 aromatic rings. The van der Waals surface area contributed by atoms with E-state index in [1.165, 1.54) is 6.08 Å². The van der Waals surface area contributed by atoms with Crippen molar-refractivity contribution in [3.8, 4) is 0 Å². The first kappa shape index (κ1) is 6.72. The van der Waals surface area contributed by atoms with Crippen molar-refractivity contribution in [2.24, 2.45) is 0 Å². The van der Waals surface area contributed by atoms with Crippen molar-refractivity contribution in [2.75, 3.05) is 5.75 Å². The molecule has 0 rings (SSSR count). The van der Waals surface area contributed by atoms with Crippen molar-refractivity contribution in [3.05, 3.63) is 12.7 Å². The first-order chi connectivity index (χ1) is 3.31. The van der Waals surface area contributed by atoms with Crippen molar-refractivity contribution in [1.29, 1.82) is 5.41 Å². The van der Waals surface area contributed by atoms with Crippen molar-refractivity contribution in [1.82, 2.24) is 0 Å². The Bertz CT molecular complexity index is 74.1. The fourth-order valence-electron chi connectivity index (χ4n) is 0.164. The zero-order valence-electron chi connectivity index (χ0n) is 3.89. The second kappa shape index (κ2) is 3.89. The highest BCUT2D eigenvalue weighted by atomic mass is 32.2. The van der Waals surface area contributed by atoms with E-state index in [9.17, 15) is 4.55 Å². The lowest BCUT2D eigenvalue weighted by atomic mass is 10.8. The van der Waals surface area contributed by atoms with Crippen LogP contribution in [-0.4, -0.2) is 15.9 Å². The number of nitrogens with one attached hydrogen (secondary N) is 1. The van der Waals surface area contributed by atoms with Gasteiger partial charge in [-0.3, -0.25) is 5.41 Å². The van der Waals surface area contributed by atoms with Gasteiger partial charge in [-0.2, -0.15) is 0 Å². The molecule has 0 saturated heterocycles. The van der Waals surface area contributed by atoms with Crippen molar-refractivity contribution in [3.63, 3.8) is 0 Å². The van der Waals surface area contributed by atoms with Crippen molar-refractivity contribution in [2.45, 2.75) is 0 Å². The van der Waals surface area contributed by atoms with Gasteiger partial charge in [-0.05, 0) is 6.08 Å². The Kier molecular flexibility index (Phi) is 3.74. The maximum absolute atomic E-state index is 10.2. The van der Waals surface area contributed by atoms with E-state index in [2.05, 4.69) is 6.58 Å². The largest absolute Gasteiger partial charge is 0.610 e. The highest BCUT2D eigenvalue weighted by molar-refractivity contribution is 8.04. The highest BCUT2D eigenvalue weighted by Crippen LogP contribution is 1.81. The van der Waals surface area contributed by atoms with Gasteiger partial charge in [-0.25, -0.2) is 0 Å². The van der Waals surface area contributed by atoms with Crippen LogP contribution in [0.3, 0.4) is 0 Å². The molecule has 2 nitrogen and oxygen atoms in total. The Labute approximate surface area is 45.9 Å². The Morgan fingerprint density at radius 2 is 2.43 bits per heavy atom. The van der Waals surface area contributed by atoms with Crippen LogP contribution < -0.4 is 0 Å². The summed E-state index contributed by atoms with van der Waals surface area (Å²) >= 11 is -1.10. The molecule has 1 N–H and O–H groups in total. The van der Waals surface area contributed by atoms with Crippen LogP contribution >= 0.6 is 0 Å². The minimum Gasteiger partial charge on any atom is -0.610 e. The molecule has 40 valence electrons. The van der Waals surface area contributed by atoms with Gasteiger partial charge < -0.3 is 4.55 Å². The zero-order chi connectivity index (χ0) is 5.70. The van der Waals surface area contributed by atoms with Crippen LogP contribution in [0.25, 0.3) is 0 Å². The highest BCUT2D eigenvalue weighted by Gasteiger charge is 1.91. The monoisotopic (exact) mass is 117 g/mol. The van der Waals surface area contributed by atoms with Gasteiger partial charge in [0, 0.05) is 11.2 Å². The standard InChI is InChI=1S/C4H7NOS/c1-2-3-7(6)4-5/h2,4-5H,1,3H2. The van der Waals surface area contributed by atoms with Gasteiger partial charge in [-0.15, -0.1) is 0 Å². The van der Waals surface area contributed by atoms with Crippen LogP contribution in [0.5, 0.6) is 0 Å². The summed E-state index contributed by atoms with van der Waals surface area (Å²) < 4.78 is 10.2. The molecule has 0 aliphatic rings. The molecular weight excluding hydrogens is 110 g/mol. The molecular formula is C4H7NOS. The Morgan fingerprint density at radius 1 is 1.86 bits per heavy atom. The second-order valence-electron chi connectivity index (χ2n) is 0.954. The second-order valence-corrected chi connectivity index (χ2v) is 2.28. The summed E-state index contributed by atoms with van der Waals surface area (Å²) in [6, 6.07) is 0. The van der Waals surface area contributed by atoms with Gasteiger partial charge in [0.15, 0.2) is 0 Å². The Hall–Kier alpha value is -0.280. The van der Waals surface area contributed by atoms with E-state index < -0.39 is 11.2 Å². The zero-order valence-corrected chi connectivity index (χ0v) is 4.70. The van der Waals surface area contributed by atoms with Crippen LogP contribution in [0, 0.1) is 5.41 Å². The minimum absolute atomic E-state index is 0.392. The molecule has 0 saturated carbocycles. The van der Waals surface area contributed by atoms with E-state index in [1.54, 1.807) is 0 Å². The first-order valence-corrected chi connectivity index (χ1v) is 3.18. The smallest absolute Gasteiger partial charge is 0.200 e. The predicted octanol–water partition coefficient (Wildman–Crippen LogP) is 0.528. The predicted molar refractivity (Wildman–Crippen MR) is 32.0 cm³/mol. The molecule has 1 atom stereocenters. The average Bonchev–Trinajstić information content (AvgIpc) is 1.68. The van der Waals surface area contributed by atoms with Gasteiger partial charge in [0.05, 0.1) is 0 Å². The molecule has 0 heterocycles. The topological polar surface area (TPSA) is 46.9 Å². The summed E-state index contributed by atoms with van der Waals surface area (Å²) in [6.45, 7) is 3.35. The molecule has 0 bridgehead atoms. The molecule has 0 aliphatic carbocycles. The fraction of sp³-hybridized carbons (Fsp3) is 0.250. The van der Waals surface area contributed by atoms with Crippen LogP contribution in [0.4, 0.5) is 0 Å². The number of rotatable bonds is 3. The Morgan fingerprint density at radius 3 is 2.57 bits per heavy atom. The van der Waals surface area contributed by atoms with Crippen LogP contribution in [0.1, 0.15) is 0 Å². The van der Waals surface area contributed by atoms with Crippen LogP contribution in [0.2, 0.25) is 0 Å². The van der Waals surface area contributed by atoms with Crippen molar-refractivity contribution < 1.29 is 4.55 Å². The lowest BCUT2D eigenvalue weighted by Gasteiger charge is -1.96. The SMILES string of the molecule is C=CC[S+]([O-])C=N.